The first-order valence-electron chi connectivity index (χ1n) is 8.22. The van der Waals surface area contributed by atoms with E-state index in [0.29, 0.717) is 10.5 Å². The monoisotopic (exact) mass is 357 g/mol. The second kappa shape index (κ2) is 7.37. The molecule has 0 aliphatic carbocycles. The quantitative estimate of drug-likeness (QED) is 0.880. The number of sulfone groups is 1. The van der Waals surface area contributed by atoms with Gasteiger partial charge in [-0.25, -0.2) is 8.42 Å². The minimum absolute atomic E-state index is 0.267. The summed E-state index contributed by atoms with van der Waals surface area (Å²) in [6.07, 6.45) is 3.93. The summed E-state index contributed by atoms with van der Waals surface area (Å²) in [6, 6.07) is 14.8. The van der Waals surface area contributed by atoms with Gasteiger partial charge in [0.1, 0.15) is 0 Å². The molecule has 1 heterocycles. The second-order valence-electron chi connectivity index (χ2n) is 6.32. The summed E-state index contributed by atoms with van der Waals surface area (Å²) in [7, 11) is -3.17. The number of nitrogens with zero attached hydrogens (tertiary/aromatic N) is 1. The van der Waals surface area contributed by atoms with E-state index < -0.39 is 9.84 Å². The van der Waals surface area contributed by atoms with Crippen LogP contribution in [0.3, 0.4) is 0 Å². The van der Waals surface area contributed by atoms with E-state index in [9.17, 15) is 13.2 Å². The lowest BCUT2D eigenvalue weighted by molar-refractivity contribution is 0.473. The van der Waals surface area contributed by atoms with Crippen molar-refractivity contribution in [1.29, 1.82) is 0 Å². The molecule has 0 aromatic heterocycles. The Bertz CT molecular complexity index is 830. The first-order valence-corrected chi connectivity index (χ1v) is 10.1. The molecule has 5 nitrogen and oxygen atoms in total. The van der Waals surface area contributed by atoms with Gasteiger partial charge in [-0.05, 0) is 48.4 Å². The van der Waals surface area contributed by atoms with Crippen molar-refractivity contribution in [1.82, 2.24) is 5.32 Å². The maximum atomic E-state index is 11.6. The molecule has 1 N–H and O–H groups in total. The smallest absolute Gasteiger partial charge is 0.233 e. The molecular weight excluding hydrogens is 336 g/mol. The van der Waals surface area contributed by atoms with Gasteiger partial charge in [-0.2, -0.15) is 0 Å². The number of anilines is 1. The van der Waals surface area contributed by atoms with Gasteiger partial charge < -0.3 is 10.2 Å². The van der Waals surface area contributed by atoms with E-state index in [1.54, 1.807) is 24.3 Å². The summed E-state index contributed by atoms with van der Waals surface area (Å²) < 4.78 is 23.2. The van der Waals surface area contributed by atoms with Gasteiger partial charge in [0.2, 0.25) is 6.29 Å². The predicted molar refractivity (Wildman–Crippen MR) is 98.5 cm³/mol. The molecule has 6 heteroatoms. The molecule has 1 unspecified atom stereocenters. The Labute approximate surface area is 148 Å². The minimum Gasteiger partial charge on any atom is -0.366 e. The van der Waals surface area contributed by atoms with Crippen LogP contribution >= 0.6 is 0 Å². The number of hydrogen-bond donors (Lipinski definition) is 1. The number of carbonyl (C=O) groups excluding carboxylic acids is 1. The average molecular weight is 357 g/mol. The molecule has 131 valence electrons. The summed E-state index contributed by atoms with van der Waals surface area (Å²) in [5.41, 5.74) is 2.73. The van der Waals surface area contributed by atoms with Gasteiger partial charge in [0.05, 0.1) is 4.90 Å². The van der Waals surface area contributed by atoms with E-state index in [-0.39, 0.29) is 6.04 Å². The number of piperazine rings is 1. The molecule has 1 aliphatic heterocycles. The normalized spacial score (nSPS) is 18.1. The molecule has 0 spiro atoms. The highest BCUT2D eigenvalue weighted by Gasteiger charge is 2.23. The fourth-order valence-electron chi connectivity index (χ4n) is 3.15. The first kappa shape index (κ1) is 17.6. The van der Waals surface area contributed by atoms with Crippen molar-refractivity contribution in [3.05, 3.63) is 59.7 Å². The van der Waals surface area contributed by atoms with Crippen LogP contribution in [0.1, 0.15) is 11.1 Å². The van der Waals surface area contributed by atoms with Gasteiger partial charge in [0, 0.05) is 43.2 Å². The summed E-state index contributed by atoms with van der Waals surface area (Å²) >= 11 is 0. The predicted octanol–water partition coefficient (Wildman–Crippen LogP) is 1.57. The molecule has 1 fully saturated rings. The maximum Gasteiger partial charge on any atom is 0.233 e. The van der Waals surface area contributed by atoms with E-state index in [1.165, 1.54) is 6.26 Å². The van der Waals surface area contributed by atoms with E-state index in [4.69, 9.17) is 0 Å². The highest BCUT2D eigenvalue weighted by atomic mass is 32.2. The average Bonchev–Trinajstić information content (AvgIpc) is 2.62. The Kier molecular flexibility index (Phi) is 5.20. The third-order valence-electron chi connectivity index (χ3n) is 4.49. The topological polar surface area (TPSA) is 66.5 Å². The Morgan fingerprint density at radius 1 is 1.12 bits per heavy atom. The summed E-state index contributed by atoms with van der Waals surface area (Å²) in [6.45, 7) is 2.65. The largest absolute Gasteiger partial charge is 0.366 e. The summed E-state index contributed by atoms with van der Waals surface area (Å²) in [5.74, 6) is 0. The highest BCUT2D eigenvalue weighted by molar-refractivity contribution is 7.90. The number of nitrogens with one attached hydrogen (secondary N) is 1. The minimum atomic E-state index is -3.17. The van der Waals surface area contributed by atoms with Gasteiger partial charge in [0.25, 0.3) is 0 Å². The fraction of sp³-hybridized carbons (Fsp3) is 0.316. The number of benzene rings is 2. The zero-order valence-corrected chi connectivity index (χ0v) is 14.9. The highest BCUT2D eigenvalue weighted by Crippen LogP contribution is 2.22. The zero-order valence-electron chi connectivity index (χ0n) is 14.1. The molecule has 2 aromatic carbocycles. The molecule has 1 radical (unpaired) electrons. The van der Waals surface area contributed by atoms with E-state index in [2.05, 4.69) is 10.2 Å². The lowest BCUT2D eigenvalue weighted by Crippen LogP contribution is -2.52. The van der Waals surface area contributed by atoms with Crippen LogP contribution < -0.4 is 10.2 Å². The third-order valence-corrected chi connectivity index (χ3v) is 5.62. The van der Waals surface area contributed by atoms with E-state index >= 15 is 0 Å². The lowest BCUT2D eigenvalue weighted by Gasteiger charge is -2.38. The van der Waals surface area contributed by atoms with Crippen LogP contribution in [0.25, 0.3) is 0 Å². The van der Waals surface area contributed by atoms with Crippen LogP contribution in [0.2, 0.25) is 0 Å². The number of hydrogen-bond acceptors (Lipinski definition) is 5. The van der Waals surface area contributed by atoms with Crippen LogP contribution in [-0.2, 0) is 21.1 Å². The van der Waals surface area contributed by atoms with Gasteiger partial charge in [-0.15, -0.1) is 0 Å². The zero-order chi connectivity index (χ0) is 17.9. The molecule has 2 aromatic rings. The van der Waals surface area contributed by atoms with Crippen LogP contribution in [0.15, 0.2) is 53.4 Å². The molecule has 1 saturated heterocycles. The van der Waals surface area contributed by atoms with E-state index in [1.807, 2.05) is 30.6 Å². The third kappa shape index (κ3) is 4.27. The lowest BCUT2D eigenvalue weighted by atomic mass is 10.0. The Morgan fingerprint density at radius 3 is 2.40 bits per heavy atom. The molecule has 1 atom stereocenters. The van der Waals surface area contributed by atoms with Crippen molar-refractivity contribution in [2.45, 2.75) is 17.4 Å². The Hall–Kier alpha value is -2.18. The van der Waals surface area contributed by atoms with Crippen molar-refractivity contribution in [2.24, 2.45) is 0 Å². The van der Waals surface area contributed by atoms with Crippen molar-refractivity contribution in [2.75, 3.05) is 30.8 Å². The SMILES string of the molecule is CS(=O)(=O)c1ccc(CC2CNCCN2c2ccc([C]=O)cc2)cc1. The van der Waals surface area contributed by atoms with Crippen molar-refractivity contribution >= 4 is 21.8 Å². The molecule has 3 rings (SSSR count). The van der Waals surface area contributed by atoms with Gasteiger partial charge in [0.15, 0.2) is 9.84 Å². The van der Waals surface area contributed by atoms with Gasteiger partial charge in [-0.1, -0.05) is 12.1 Å². The molecule has 0 amide bonds. The van der Waals surface area contributed by atoms with Crippen LogP contribution in [-0.4, -0.2) is 46.6 Å². The summed E-state index contributed by atoms with van der Waals surface area (Å²) in [4.78, 5) is 13.4. The van der Waals surface area contributed by atoms with Crippen molar-refractivity contribution < 1.29 is 13.2 Å². The Balaban J connectivity index is 1.77. The standard InChI is InChI=1S/C19H21N2O3S/c1-25(23,24)19-8-4-15(5-9-19)12-18-13-20-10-11-21(18)17-6-2-16(14-22)3-7-17/h2-9,18,20H,10-13H2,1H3. The molecular formula is C19H21N2O3S. The van der Waals surface area contributed by atoms with Crippen LogP contribution in [0.5, 0.6) is 0 Å². The molecule has 25 heavy (non-hydrogen) atoms. The first-order chi connectivity index (χ1) is 12.0. The van der Waals surface area contributed by atoms with E-state index in [0.717, 1.165) is 37.3 Å². The van der Waals surface area contributed by atoms with Crippen LogP contribution in [0, 0.1) is 0 Å². The molecule has 0 saturated carbocycles. The summed E-state index contributed by atoms with van der Waals surface area (Å²) in [5, 5.41) is 3.41. The van der Waals surface area contributed by atoms with Gasteiger partial charge in [-0.3, -0.25) is 4.79 Å². The van der Waals surface area contributed by atoms with Crippen LogP contribution in [0.4, 0.5) is 5.69 Å². The Morgan fingerprint density at radius 2 is 1.80 bits per heavy atom. The maximum absolute atomic E-state index is 11.6. The molecule has 1 aliphatic rings. The van der Waals surface area contributed by atoms with Crippen molar-refractivity contribution in [3.63, 3.8) is 0 Å². The van der Waals surface area contributed by atoms with Crippen molar-refractivity contribution in [3.8, 4) is 0 Å². The van der Waals surface area contributed by atoms with Gasteiger partial charge >= 0.3 is 0 Å². The fourth-order valence-corrected chi connectivity index (χ4v) is 3.78. The molecule has 0 bridgehead atoms. The number of rotatable bonds is 5. The second-order valence-corrected chi connectivity index (χ2v) is 8.34.